The van der Waals surface area contributed by atoms with Crippen molar-refractivity contribution < 1.29 is 24.4 Å². The molecule has 3 unspecified atom stereocenters. The number of aldehydes is 1. The van der Waals surface area contributed by atoms with E-state index in [1.165, 1.54) is 0 Å². The molecule has 3 N–H and O–H groups in total. The first-order valence-electron chi connectivity index (χ1n) is 10.8. The van der Waals surface area contributed by atoms with Crippen LogP contribution in [-0.2, 0) is 9.53 Å². The molecule has 1 aromatic carbocycles. The summed E-state index contributed by atoms with van der Waals surface area (Å²) in [6, 6.07) is 7.61. The third-order valence-corrected chi connectivity index (χ3v) is 5.78. The molecular weight excluding hydrogens is 400 g/mol. The minimum Gasteiger partial charge on any atom is -0.633 e. The van der Waals surface area contributed by atoms with Gasteiger partial charge in [-0.05, 0) is 36.6 Å². The zero-order valence-electron chi connectivity index (χ0n) is 17.9. The summed E-state index contributed by atoms with van der Waals surface area (Å²) >= 11 is 0. The highest BCUT2D eigenvalue weighted by atomic mass is 16.6. The quantitative estimate of drug-likeness (QED) is 0.209. The highest BCUT2D eigenvalue weighted by Gasteiger charge is 2.46. The average molecular weight is 433 g/mol. The highest BCUT2D eigenvalue weighted by molar-refractivity contribution is 6.43. The van der Waals surface area contributed by atoms with Crippen molar-refractivity contribution in [3.05, 3.63) is 29.5 Å². The number of quaternary nitrogens is 1. The van der Waals surface area contributed by atoms with E-state index in [4.69, 9.17) is 19.9 Å². The summed E-state index contributed by atoms with van der Waals surface area (Å²) in [6.45, 7) is 2.69. The molecule has 1 aliphatic heterocycles. The van der Waals surface area contributed by atoms with Gasteiger partial charge in [-0.25, -0.2) is 0 Å². The summed E-state index contributed by atoms with van der Waals surface area (Å²) in [5, 5.41) is 33.8. The molecule has 1 saturated heterocycles. The molecule has 1 aromatic rings. The standard InChI is InChI=1S/C22H32N4O5/c1-16-14-20(19(24-7-11-27)15-21-22(16)31-21)25-18-4-2-17(3-5-18)23-6-8-26(30,9-12-28)10-13-29/h2-5,11,16,21-23,28-29H,6-10,12-15H2,1H3. The molecule has 1 aliphatic carbocycles. The fraction of sp³-hybridized carbons (Fsp3) is 0.591. The first-order chi connectivity index (χ1) is 15.0. The van der Waals surface area contributed by atoms with Crippen molar-refractivity contribution in [2.75, 3.05) is 51.3 Å². The van der Waals surface area contributed by atoms with E-state index in [0.717, 1.165) is 35.5 Å². The minimum atomic E-state index is -0.626. The monoisotopic (exact) mass is 432 g/mol. The number of hydrogen-bond acceptors (Lipinski definition) is 8. The summed E-state index contributed by atoms with van der Waals surface area (Å²) in [7, 11) is 0. The summed E-state index contributed by atoms with van der Waals surface area (Å²) in [5.74, 6) is 0.358. The number of rotatable bonds is 11. The van der Waals surface area contributed by atoms with Gasteiger partial charge in [0, 0.05) is 12.1 Å². The van der Waals surface area contributed by atoms with E-state index in [0.29, 0.717) is 18.9 Å². The molecule has 9 nitrogen and oxygen atoms in total. The maximum Gasteiger partial charge on any atom is 0.141 e. The van der Waals surface area contributed by atoms with Crippen LogP contribution < -0.4 is 5.32 Å². The maximum absolute atomic E-state index is 12.5. The van der Waals surface area contributed by atoms with Crippen molar-refractivity contribution in [1.82, 2.24) is 0 Å². The minimum absolute atomic E-state index is 0.0673. The summed E-state index contributed by atoms with van der Waals surface area (Å²) < 4.78 is 5.08. The Bertz CT molecular complexity index is 790. The molecule has 0 bridgehead atoms. The van der Waals surface area contributed by atoms with Gasteiger partial charge in [-0.2, -0.15) is 0 Å². The van der Waals surface area contributed by atoms with Crippen LogP contribution in [0.4, 0.5) is 11.4 Å². The first-order valence-corrected chi connectivity index (χ1v) is 10.8. The third-order valence-electron chi connectivity index (χ3n) is 5.78. The van der Waals surface area contributed by atoms with Gasteiger partial charge < -0.3 is 34.9 Å². The number of hydrogen-bond donors (Lipinski definition) is 3. The number of aliphatic hydroxyl groups is 2. The van der Waals surface area contributed by atoms with Crippen LogP contribution in [0.2, 0.25) is 0 Å². The van der Waals surface area contributed by atoms with Crippen molar-refractivity contribution in [3.63, 3.8) is 0 Å². The molecule has 0 radical (unpaired) electrons. The largest absolute Gasteiger partial charge is 0.633 e. The molecule has 1 saturated carbocycles. The van der Waals surface area contributed by atoms with Crippen LogP contribution in [0.25, 0.3) is 0 Å². The summed E-state index contributed by atoms with van der Waals surface area (Å²) in [5.41, 5.74) is 3.43. The number of epoxide rings is 1. The molecule has 0 aromatic heterocycles. The Morgan fingerprint density at radius 3 is 2.52 bits per heavy atom. The second-order valence-electron chi connectivity index (χ2n) is 8.19. The van der Waals surface area contributed by atoms with Gasteiger partial charge in [0.05, 0.1) is 62.2 Å². The second kappa shape index (κ2) is 10.9. The van der Waals surface area contributed by atoms with Crippen molar-refractivity contribution >= 4 is 29.1 Å². The van der Waals surface area contributed by atoms with Crippen molar-refractivity contribution in [2.45, 2.75) is 32.0 Å². The van der Waals surface area contributed by atoms with Gasteiger partial charge in [0.1, 0.15) is 19.4 Å². The number of carbonyl (C=O) groups is 1. The number of ether oxygens (including phenoxy) is 1. The van der Waals surface area contributed by atoms with Crippen LogP contribution in [0.5, 0.6) is 0 Å². The Labute approximate surface area is 182 Å². The van der Waals surface area contributed by atoms with Crippen LogP contribution in [0, 0.1) is 11.1 Å². The summed E-state index contributed by atoms with van der Waals surface area (Å²) in [4.78, 5) is 20.0. The predicted molar refractivity (Wildman–Crippen MR) is 120 cm³/mol. The normalized spacial score (nSPS) is 25.9. The number of hydroxylamine groups is 3. The molecule has 0 spiro atoms. The van der Waals surface area contributed by atoms with E-state index in [9.17, 15) is 10.0 Å². The Balaban J connectivity index is 1.63. The molecule has 1 heterocycles. The number of aliphatic hydroxyl groups excluding tert-OH is 2. The lowest BCUT2D eigenvalue weighted by Gasteiger charge is -2.42. The lowest BCUT2D eigenvalue weighted by Crippen LogP contribution is -2.49. The molecule has 170 valence electrons. The first kappa shape index (κ1) is 23.5. The van der Waals surface area contributed by atoms with E-state index in [-0.39, 0.29) is 51.6 Å². The zero-order valence-corrected chi connectivity index (χ0v) is 17.9. The van der Waals surface area contributed by atoms with Crippen LogP contribution in [0.15, 0.2) is 34.3 Å². The van der Waals surface area contributed by atoms with Gasteiger partial charge in [0.2, 0.25) is 0 Å². The van der Waals surface area contributed by atoms with Crippen molar-refractivity contribution in [1.29, 1.82) is 0 Å². The Morgan fingerprint density at radius 2 is 1.87 bits per heavy atom. The Kier molecular flexibility index (Phi) is 8.28. The molecule has 31 heavy (non-hydrogen) atoms. The van der Waals surface area contributed by atoms with Crippen LogP contribution >= 0.6 is 0 Å². The van der Waals surface area contributed by atoms with Crippen LogP contribution in [-0.4, -0.2) is 90.7 Å². The van der Waals surface area contributed by atoms with Crippen LogP contribution in [0.3, 0.4) is 0 Å². The highest BCUT2D eigenvalue weighted by Crippen LogP contribution is 2.38. The SMILES string of the molecule is CC1CC(=Nc2ccc(NCC[N+]([O-])(CCO)CCO)cc2)C(=NCC=O)CC2OC12. The Morgan fingerprint density at radius 1 is 1.16 bits per heavy atom. The number of nitrogens with zero attached hydrogens (tertiary/aromatic N) is 3. The second-order valence-corrected chi connectivity index (χ2v) is 8.19. The zero-order chi connectivity index (χ0) is 22.3. The van der Waals surface area contributed by atoms with Gasteiger partial charge in [-0.1, -0.05) is 6.92 Å². The van der Waals surface area contributed by atoms with Gasteiger partial charge in [-0.15, -0.1) is 0 Å². The van der Waals surface area contributed by atoms with Gasteiger partial charge in [0.25, 0.3) is 0 Å². The molecule has 2 aliphatic rings. The maximum atomic E-state index is 12.5. The number of fused-ring (bicyclic) bond motifs is 1. The number of benzene rings is 1. The smallest absolute Gasteiger partial charge is 0.141 e. The summed E-state index contributed by atoms with van der Waals surface area (Å²) in [6.07, 6.45) is 2.68. The third kappa shape index (κ3) is 6.65. The lowest BCUT2D eigenvalue weighted by atomic mass is 10.0. The van der Waals surface area contributed by atoms with E-state index in [1.807, 2.05) is 24.3 Å². The van der Waals surface area contributed by atoms with Crippen molar-refractivity contribution in [3.8, 4) is 0 Å². The molecule has 3 atom stereocenters. The van der Waals surface area contributed by atoms with E-state index < -0.39 is 4.65 Å². The molecule has 9 heteroatoms. The van der Waals surface area contributed by atoms with Gasteiger partial charge in [-0.3, -0.25) is 9.98 Å². The van der Waals surface area contributed by atoms with Gasteiger partial charge >= 0.3 is 0 Å². The lowest BCUT2D eigenvalue weighted by molar-refractivity contribution is -0.879. The van der Waals surface area contributed by atoms with Gasteiger partial charge in [0.15, 0.2) is 0 Å². The average Bonchev–Trinajstić information content (AvgIpc) is 3.52. The van der Waals surface area contributed by atoms with E-state index in [1.54, 1.807) is 0 Å². The molecule has 2 fully saturated rings. The fourth-order valence-electron chi connectivity index (χ4n) is 4.00. The topological polar surface area (TPSA) is 130 Å². The molecule has 3 rings (SSSR count). The van der Waals surface area contributed by atoms with E-state index in [2.05, 4.69) is 17.2 Å². The van der Waals surface area contributed by atoms with Crippen LogP contribution in [0.1, 0.15) is 19.8 Å². The van der Waals surface area contributed by atoms with Crippen molar-refractivity contribution in [2.24, 2.45) is 15.9 Å². The number of nitrogens with one attached hydrogen (secondary N) is 1. The molecular formula is C22H32N4O5. The molecule has 0 amide bonds. The predicted octanol–water partition coefficient (Wildman–Crippen LogP) is 1.31. The Hall–Kier alpha value is -2.17. The van der Waals surface area contributed by atoms with E-state index >= 15 is 0 Å². The fourth-order valence-corrected chi connectivity index (χ4v) is 4.00. The number of aliphatic imine (C=N–C) groups is 2. The number of anilines is 1. The number of carbonyl (C=O) groups excluding carboxylic acids is 1.